The quantitative estimate of drug-likeness (QED) is 0.567. The van der Waals surface area contributed by atoms with Crippen LogP contribution in [0.3, 0.4) is 0 Å². The van der Waals surface area contributed by atoms with Crippen LogP contribution in [0.15, 0.2) is 35.5 Å². The van der Waals surface area contributed by atoms with Crippen molar-refractivity contribution in [2.75, 3.05) is 11.5 Å². The predicted octanol–water partition coefficient (Wildman–Crippen LogP) is 2.27. The van der Waals surface area contributed by atoms with E-state index in [0.717, 1.165) is 11.3 Å². The fraction of sp³-hybridized carbons (Fsp3) is 0.214. The fourth-order valence-corrected chi connectivity index (χ4v) is 2.67. The van der Waals surface area contributed by atoms with Crippen molar-refractivity contribution in [2.24, 2.45) is 0 Å². The van der Waals surface area contributed by atoms with Gasteiger partial charge in [-0.15, -0.1) is 0 Å². The van der Waals surface area contributed by atoms with Crippen LogP contribution < -0.4 is 5.73 Å². The summed E-state index contributed by atoms with van der Waals surface area (Å²) in [5, 5.41) is 10.7. The Labute approximate surface area is 126 Å². The zero-order valence-electron chi connectivity index (χ0n) is 11.5. The molecule has 0 aliphatic rings. The van der Waals surface area contributed by atoms with Crippen molar-refractivity contribution in [3.8, 4) is 6.01 Å². The lowest BCUT2D eigenvalue weighted by molar-refractivity contribution is 0.408. The maximum absolute atomic E-state index is 10.1. The zero-order chi connectivity index (χ0) is 14.8. The Morgan fingerprint density at radius 3 is 2.67 bits per heavy atom. The summed E-state index contributed by atoms with van der Waals surface area (Å²) in [5.74, 6) is 1.14. The van der Waals surface area contributed by atoms with E-state index in [1.165, 1.54) is 11.8 Å². The highest BCUT2D eigenvalue weighted by atomic mass is 32.2. The summed E-state index contributed by atoms with van der Waals surface area (Å²) in [6.45, 7) is 2.50. The minimum atomic E-state index is -0.103. The van der Waals surface area contributed by atoms with Crippen LogP contribution in [0.2, 0.25) is 0 Å². The van der Waals surface area contributed by atoms with Crippen LogP contribution >= 0.6 is 11.8 Å². The van der Waals surface area contributed by atoms with Crippen LogP contribution in [0.25, 0.3) is 11.2 Å². The lowest BCUT2D eigenvalue weighted by Gasteiger charge is -2.06. The zero-order valence-corrected chi connectivity index (χ0v) is 12.3. The number of nitrogens with two attached hydrogens (primary N) is 1. The highest BCUT2D eigenvalue weighted by Gasteiger charge is 2.16. The van der Waals surface area contributed by atoms with Gasteiger partial charge in [-0.25, -0.2) is 9.97 Å². The third-order valence-electron chi connectivity index (χ3n) is 3.04. The van der Waals surface area contributed by atoms with Gasteiger partial charge in [0.1, 0.15) is 0 Å². The van der Waals surface area contributed by atoms with E-state index in [1.54, 1.807) is 4.57 Å². The fourth-order valence-electron chi connectivity index (χ4n) is 2.09. The molecule has 0 aliphatic heterocycles. The second-order valence-electron chi connectivity index (χ2n) is 4.48. The summed E-state index contributed by atoms with van der Waals surface area (Å²) >= 11 is 1.50. The molecule has 0 aliphatic carbocycles. The van der Waals surface area contributed by atoms with E-state index < -0.39 is 0 Å². The van der Waals surface area contributed by atoms with Gasteiger partial charge in [-0.3, -0.25) is 4.57 Å². The molecular weight excluding hydrogens is 286 g/mol. The Kier molecular flexibility index (Phi) is 3.66. The number of thioether (sulfide) groups is 1. The third kappa shape index (κ3) is 2.64. The monoisotopic (exact) mass is 301 g/mol. The Bertz CT molecular complexity index is 772. The smallest absolute Gasteiger partial charge is 0.296 e. The molecule has 6 nitrogen and oxygen atoms in total. The third-order valence-corrected chi connectivity index (χ3v) is 3.77. The lowest BCUT2D eigenvalue weighted by atomic mass is 10.2. The highest BCUT2D eigenvalue weighted by Crippen LogP contribution is 2.26. The van der Waals surface area contributed by atoms with Gasteiger partial charge in [0.05, 0.1) is 6.54 Å². The molecule has 0 atom stereocenters. The first-order valence-electron chi connectivity index (χ1n) is 6.58. The van der Waals surface area contributed by atoms with E-state index in [-0.39, 0.29) is 11.8 Å². The van der Waals surface area contributed by atoms with Gasteiger partial charge in [-0.1, -0.05) is 49.0 Å². The van der Waals surface area contributed by atoms with Gasteiger partial charge in [0.25, 0.3) is 6.01 Å². The molecule has 108 valence electrons. The van der Waals surface area contributed by atoms with E-state index in [1.807, 2.05) is 37.3 Å². The molecule has 0 radical (unpaired) electrons. The average Bonchev–Trinajstić information content (AvgIpc) is 2.78. The van der Waals surface area contributed by atoms with Gasteiger partial charge in [0.2, 0.25) is 0 Å². The predicted molar refractivity (Wildman–Crippen MR) is 83.3 cm³/mol. The lowest BCUT2D eigenvalue weighted by Crippen LogP contribution is -2.03. The molecule has 0 unspecified atom stereocenters. The van der Waals surface area contributed by atoms with Crippen molar-refractivity contribution < 1.29 is 5.11 Å². The van der Waals surface area contributed by atoms with Crippen LogP contribution in [0.5, 0.6) is 6.01 Å². The summed E-state index contributed by atoms with van der Waals surface area (Å²) in [7, 11) is 0. The molecule has 0 bridgehead atoms. The van der Waals surface area contributed by atoms with E-state index in [2.05, 4.69) is 15.0 Å². The van der Waals surface area contributed by atoms with Gasteiger partial charge < -0.3 is 10.8 Å². The van der Waals surface area contributed by atoms with Gasteiger partial charge >= 0.3 is 0 Å². The molecule has 2 aromatic heterocycles. The van der Waals surface area contributed by atoms with Crippen LogP contribution in [0, 0.1) is 0 Å². The summed E-state index contributed by atoms with van der Waals surface area (Å²) in [5.41, 5.74) is 7.95. The summed E-state index contributed by atoms with van der Waals surface area (Å²) in [4.78, 5) is 12.7. The van der Waals surface area contributed by atoms with Crippen molar-refractivity contribution in [1.29, 1.82) is 0 Å². The Morgan fingerprint density at radius 2 is 1.95 bits per heavy atom. The first-order chi connectivity index (χ1) is 10.2. The summed E-state index contributed by atoms with van der Waals surface area (Å²) in [6, 6.07) is 9.72. The molecule has 21 heavy (non-hydrogen) atoms. The Hall–Kier alpha value is -2.28. The van der Waals surface area contributed by atoms with Crippen molar-refractivity contribution >= 4 is 28.7 Å². The number of nitrogens with zero attached hydrogens (tertiary/aromatic N) is 4. The van der Waals surface area contributed by atoms with Crippen molar-refractivity contribution in [1.82, 2.24) is 19.5 Å². The SMILES string of the molecule is CCSc1nc(N)c2nc(O)n(Cc3ccccc3)c2n1. The average molecular weight is 301 g/mol. The molecule has 0 spiro atoms. The van der Waals surface area contributed by atoms with E-state index in [4.69, 9.17) is 5.73 Å². The molecule has 3 rings (SSSR count). The second-order valence-corrected chi connectivity index (χ2v) is 5.71. The second kappa shape index (κ2) is 5.61. The number of imidazole rings is 1. The Morgan fingerprint density at radius 1 is 1.19 bits per heavy atom. The van der Waals surface area contributed by atoms with Crippen molar-refractivity contribution in [2.45, 2.75) is 18.6 Å². The number of benzene rings is 1. The number of hydrogen-bond donors (Lipinski definition) is 2. The molecule has 7 heteroatoms. The van der Waals surface area contributed by atoms with Crippen molar-refractivity contribution in [3.05, 3.63) is 35.9 Å². The first kappa shape index (κ1) is 13.7. The van der Waals surface area contributed by atoms with Gasteiger partial charge in [0, 0.05) is 0 Å². The standard InChI is InChI=1S/C14H15N5OS/c1-2-21-13-17-11(15)10-12(18-13)19(14(20)16-10)8-9-6-4-3-5-7-9/h3-7H,2,8H2,1H3,(H,16,20)(H2,15,17,18). The number of hydrogen-bond acceptors (Lipinski definition) is 6. The minimum Gasteiger partial charge on any atom is -0.480 e. The van der Waals surface area contributed by atoms with Gasteiger partial charge in [-0.05, 0) is 11.3 Å². The molecule has 0 saturated heterocycles. The van der Waals surface area contributed by atoms with E-state index in [9.17, 15) is 5.11 Å². The number of aromatic hydroxyl groups is 1. The number of aromatic nitrogens is 4. The minimum absolute atomic E-state index is 0.103. The van der Waals surface area contributed by atoms with Gasteiger partial charge in [-0.2, -0.15) is 4.98 Å². The first-order valence-corrected chi connectivity index (χ1v) is 7.57. The van der Waals surface area contributed by atoms with Crippen LogP contribution in [0.1, 0.15) is 12.5 Å². The number of fused-ring (bicyclic) bond motifs is 1. The summed E-state index contributed by atoms with van der Waals surface area (Å²) < 4.78 is 1.64. The molecule has 3 aromatic rings. The normalized spacial score (nSPS) is 11.1. The molecule has 3 N–H and O–H groups in total. The maximum atomic E-state index is 10.1. The molecule has 0 fully saturated rings. The molecule has 1 aromatic carbocycles. The molecule has 0 amide bonds. The van der Waals surface area contributed by atoms with E-state index >= 15 is 0 Å². The maximum Gasteiger partial charge on any atom is 0.296 e. The van der Waals surface area contributed by atoms with Crippen LogP contribution in [-0.4, -0.2) is 30.4 Å². The number of rotatable bonds is 4. The van der Waals surface area contributed by atoms with Crippen LogP contribution in [-0.2, 0) is 6.54 Å². The molecule has 2 heterocycles. The summed E-state index contributed by atoms with van der Waals surface area (Å²) in [6.07, 6.45) is 0. The topological polar surface area (TPSA) is 89.9 Å². The van der Waals surface area contributed by atoms with Crippen molar-refractivity contribution in [3.63, 3.8) is 0 Å². The van der Waals surface area contributed by atoms with Gasteiger partial charge in [0.15, 0.2) is 22.1 Å². The highest BCUT2D eigenvalue weighted by molar-refractivity contribution is 7.99. The largest absolute Gasteiger partial charge is 0.480 e. The molecule has 0 saturated carbocycles. The van der Waals surface area contributed by atoms with Crippen LogP contribution in [0.4, 0.5) is 5.82 Å². The van der Waals surface area contributed by atoms with E-state index in [0.29, 0.717) is 22.9 Å². The number of anilines is 1. The number of nitrogen functional groups attached to an aromatic ring is 1. The Balaban J connectivity index is 2.10. The molecular formula is C14H15N5OS.